The maximum atomic E-state index is 12.1. The SMILES string of the molecule is COc1ccccc1CC(=O)NC1CCC(CO)CC1. The van der Waals surface area contributed by atoms with Gasteiger partial charge in [0.15, 0.2) is 0 Å². The van der Waals surface area contributed by atoms with Crippen LogP contribution in [0, 0.1) is 5.92 Å². The van der Waals surface area contributed by atoms with Gasteiger partial charge in [-0.3, -0.25) is 4.79 Å². The van der Waals surface area contributed by atoms with Crippen molar-refractivity contribution in [2.24, 2.45) is 5.92 Å². The zero-order chi connectivity index (χ0) is 14.4. The number of hydrogen-bond acceptors (Lipinski definition) is 3. The number of amides is 1. The molecule has 0 aliphatic heterocycles. The van der Waals surface area contributed by atoms with Gasteiger partial charge in [0.2, 0.25) is 5.91 Å². The number of nitrogens with one attached hydrogen (secondary N) is 1. The second kappa shape index (κ2) is 7.29. The molecule has 0 atom stereocenters. The van der Waals surface area contributed by atoms with Gasteiger partial charge in [-0.2, -0.15) is 0 Å². The minimum absolute atomic E-state index is 0.0435. The zero-order valence-corrected chi connectivity index (χ0v) is 12.0. The first-order valence-corrected chi connectivity index (χ1v) is 7.25. The molecule has 0 spiro atoms. The lowest BCUT2D eigenvalue weighted by atomic mass is 9.86. The summed E-state index contributed by atoms with van der Waals surface area (Å²) in [5.74, 6) is 1.21. The lowest BCUT2D eigenvalue weighted by Gasteiger charge is -2.28. The van der Waals surface area contributed by atoms with Crippen LogP contribution in [0.5, 0.6) is 5.75 Å². The maximum absolute atomic E-state index is 12.1. The number of methoxy groups -OCH3 is 1. The highest BCUT2D eigenvalue weighted by molar-refractivity contribution is 5.79. The van der Waals surface area contributed by atoms with E-state index in [9.17, 15) is 4.79 Å². The van der Waals surface area contributed by atoms with Crippen molar-refractivity contribution in [2.45, 2.75) is 38.1 Å². The number of rotatable bonds is 5. The standard InChI is InChI=1S/C16H23NO3/c1-20-15-5-3-2-4-13(15)10-16(19)17-14-8-6-12(11-18)7-9-14/h2-5,12,14,18H,6-11H2,1H3,(H,17,19). The first-order valence-electron chi connectivity index (χ1n) is 7.25. The molecule has 0 aromatic heterocycles. The Balaban J connectivity index is 1.84. The molecule has 0 saturated heterocycles. The second-order valence-electron chi connectivity index (χ2n) is 5.46. The highest BCUT2D eigenvalue weighted by Crippen LogP contribution is 2.24. The van der Waals surface area contributed by atoms with Crippen molar-refractivity contribution < 1.29 is 14.6 Å². The Hall–Kier alpha value is -1.55. The molecule has 1 aliphatic rings. The van der Waals surface area contributed by atoms with Gasteiger partial charge in [-0.1, -0.05) is 18.2 Å². The van der Waals surface area contributed by atoms with E-state index in [0.717, 1.165) is 37.0 Å². The quantitative estimate of drug-likeness (QED) is 0.864. The molecule has 1 aromatic rings. The average molecular weight is 277 g/mol. The third-order valence-corrected chi connectivity index (χ3v) is 4.01. The van der Waals surface area contributed by atoms with Crippen LogP contribution in [0.3, 0.4) is 0 Å². The fourth-order valence-electron chi connectivity index (χ4n) is 2.79. The highest BCUT2D eigenvalue weighted by atomic mass is 16.5. The predicted molar refractivity (Wildman–Crippen MR) is 77.7 cm³/mol. The largest absolute Gasteiger partial charge is 0.496 e. The van der Waals surface area contributed by atoms with E-state index >= 15 is 0 Å². The van der Waals surface area contributed by atoms with Crippen molar-refractivity contribution in [3.8, 4) is 5.75 Å². The van der Waals surface area contributed by atoms with E-state index in [0.29, 0.717) is 12.3 Å². The summed E-state index contributed by atoms with van der Waals surface area (Å²) in [7, 11) is 1.62. The summed E-state index contributed by atoms with van der Waals surface area (Å²) in [4.78, 5) is 12.1. The lowest BCUT2D eigenvalue weighted by molar-refractivity contribution is -0.121. The van der Waals surface area contributed by atoms with E-state index in [4.69, 9.17) is 9.84 Å². The molecule has 2 rings (SSSR count). The van der Waals surface area contributed by atoms with Crippen LogP contribution in [-0.2, 0) is 11.2 Å². The normalized spacial score (nSPS) is 22.3. The number of aliphatic hydroxyl groups excluding tert-OH is 1. The van der Waals surface area contributed by atoms with E-state index in [1.54, 1.807) is 7.11 Å². The van der Waals surface area contributed by atoms with Crippen LogP contribution in [0.25, 0.3) is 0 Å². The summed E-state index contributed by atoms with van der Waals surface area (Å²) < 4.78 is 5.26. The smallest absolute Gasteiger partial charge is 0.224 e. The van der Waals surface area contributed by atoms with Crippen LogP contribution < -0.4 is 10.1 Å². The lowest BCUT2D eigenvalue weighted by Crippen LogP contribution is -2.38. The van der Waals surface area contributed by atoms with Crippen molar-refractivity contribution in [2.75, 3.05) is 13.7 Å². The number of carbonyl (C=O) groups excluding carboxylic acids is 1. The summed E-state index contributed by atoms with van der Waals surface area (Å²) in [6.07, 6.45) is 4.27. The summed E-state index contributed by atoms with van der Waals surface area (Å²) >= 11 is 0. The van der Waals surface area contributed by atoms with Crippen molar-refractivity contribution in [1.82, 2.24) is 5.32 Å². The molecular formula is C16H23NO3. The topological polar surface area (TPSA) is 58.6 Å². The number of hydrogen-bond donors (Lipinski definition) is 2. The molecule has 0 unspecified atom stereocenters. The Morgan fingerprint density at radius 3 is 2.65 bits per heavy atom. The number of benzene rings is 1. The average Bonchev–Trinajstić information content (AvgIpc) is 2.48. The molecular weight excluding hydrogens is 254 g/mol. The van der Waals surface area contributed by atoms with E-state index in [-0.39, 0.29) is 18.6 Å². The number of ether oxygens (including phenoxy) is 1. The molecule has 4 nitrogen and oxygen atoms in total. The molecule has 0 heterocycles. The van der Waals surface area contributed by atoms with Gasteiger partial charge >= 0.3 is 0 Å². The number of carbonyl (C=O) groups is 1. The number of aliphatic hydroxyl groups is 1. The van der Waals surface area contributed by atoms with Gasteiger partial charge in [-0.15, -0.1) is 0 Å². The summed E-state index contributed by atoms with van der Waals surface area (Å²) in [5, 5.41) is 12.2. The van der Waals surface area contributed by atoms with Gasteiger partial charge in [-0.25, -0.2) is 0 Å². The first-order chi connectivity index (χ1) is 9.72. The Labute approximate surface area is 120 Å². The van der Waals surface area contributed by atoms with Gasteiger partial charge in [0, 0.05) is 18.2 Å². The maximum Gasteiger partial charge on any atom is 0.224 e. The Bertz CT molecular complexity index is 439. The van der Waals surface area contributed by atoms with Crippen LogP contribution >= 0.6 is 0 Å². The van der Waals surface area contributed by atoms with E-state index in [1.807, 2.05) is 24.3 Å². The highest BCUT2D eigenvalue weighted by Gasteiger charge is 2.22. The van der Waals surface area contributed by atoms with Gasteiger partial charge in [0.25, 0.3) is 0 Å². The fraction of sp³-hybridized carbons (Fsp3) is 0.562. The fourth-order valence-corrected chi connectivity index (χ4v) is 2.79. The summed E-state index contributed by atoms with van der Waals surface area (Å²) in [6, 6.07) is 7.85. The monoisotopic (exact) mass is 277 g/mol. The molecule has 0 radical (unpaired) electrons. The van der Waals surface area contributed by atoms with Crippen LogP contribution in [0.1, 0.15) is 31.2 Å². The Morgan fingerprint density at radius 1 is 1.30 bits per heavy atom. The van der Waals surface area contributed by atoms with E-state index in [2.05, 4.69) is 5.32 Å². The molecule has 110 valence electrons. The van der Waals surface area contributed by atoms with E-state index < -0.39 is 0 Å². The van der Waals surface area contributed by atoms with Crippen molar-refractivity contribution in [1.29, 1.82) is 0 Å². The van der Waals surface area contributed by atoms with Crippen molar-refractivity contribution >= 4 is 5.91 Å². The third-order valence-electron chi connectivity index (χ3n) is 4.01. The predicted octanol–water partition coefficient (Wildman–Crippen LogP) is 1.90. The molecule has 1 aromatic carbocycles. The summed E-state index contributed by atoms with van der Waals surface area (Å²) in [6.45, 7) is 0.266. The van der Waals surface area contributed by atoms with Crippen LogP contribution in [-0.4, -0.2) is 30.8 Å². The van der Waals surface area contributed by atoms with E-state index in [1.165, 1.54) is 0 Å². The molecule has 1 aliphatic carbocycles. The summed E-state index contributed by atoms with van der Waals surface area (Å²) in [5.41, 5.74) is 0.913. The molecule has 1 fully saturated rings. The minimum Gasteiger partial charge on any atom is -0.496 e. The molecule has 1 saturated carbocycles. The molecule has 1 amide bonds. The van der Waals surface area contributed by atoms with Crippen LogP contribution in [0.4, 0.5) is 0 Å². The van der Waals surface area contributed by atoms with Gasteiger partial charge in [0.1, 0.15) is 5.75 Å². The molecule has 0 bridgehead atoms. The zero-order valence-electron chi connectivity index (χ0n) is 12.0. The van der Waals surface area contributed by atoms with Crippen LogP contribution in [0.15, 0.2) is 24.3 Å². The Morgan fingerprint density at radius 2 is 2.00 bits per heavy atom. The number of para-hydroxylation sites is 1. The third kappa shape index (κ3) is 3.97. The van der Waals surface area contributed by atoms with Crippen molar-refractivity contribution in [3.05, 3.63) is 29.8 Å². The molecule has 4 heteroatoms. The van der Waals surface area contributed by atoms with Gasteiger partial charge < -0.3 is 15.2 Å². The minimum atomic E-state index is 0.0435. The first kappa shape index (κ1) is 14.9. The van der Waals surface area contributed by atoms with Gasteiger partial charge in [-0.05, 0) is 37.7 Å². The van der Waals surface area contributed by atoms with Gasteiger partial charge in [0.05, 0.1) is 13.5 Å². The second-order valence-corrected chi connectivity index (χ2v) is 5.46. The Kier molecular flexibility index (Phi) is 5.41. The molecule has 20 heavy (non-hydrogen) atoms. The van der Waals surface area contributed by atoms with Crippen LogP contribution in [0.2, 0.25) is 0 Å². The molecule has 2 N–H and O–H groups in total. The van der Waals surface area contributed by atoms with Crippen molar-refractivity contribution in [3.63, 3.8) is 0 Å².